The molecule has 0 bridgehead atoms. The number of hydrogen-bond donors (Lipinski definition) is 1. The molecule has 0 atom stereocenters. The summed E-state index contributed by atoms with van der Waals surface area (Å²) in [5, 5.41) is 7.26. The molecular weight excluding hydrogens is 478 g/mol. The topological polar surface area (TPSA) is 107 Å². The first-order chi connectivity index (χ1) is 16.0. The molecule has 0 unspecified atom stereocenters. The minimum Gasteiger partial charge on any atom is -0.439 e. The summed E-state index contributed by atoms with van der Waals surface area (Å²) in [5.74, 6) is 0.495. The number of sulfone groups is 1. The summed E-state index contributed by atoms with van der Waals surface area (Å²) in [7, 11) is -1.99. The molecule has 1 aromatic heterocycles. The highest BCUT2D eigenvalue weighted by Crippen LogP contribution is 2.40. The number of unbranched alkanes of at least 4 members (excludes halogenated alkanes) is 1. The van der Waals surface area contributed by atoms with Gasteiger partial charge in [0, 0.05) is 19.1 Å². The molecular formula is C25H44ClNO6S. The van der Waals surface area contributed by atoms with E-state index in [1.54, 1.807) is 26.2 Å². The number of benzene rings is 1. The number of nitrogens with zero attached hydrogens (tertiary/aromatic N) is 1. The van der Waals surface area contributed by atoms with Crippen LogP contribution >= 0.6 is 11.6 Å². The van der Waals surface area contributed by atoms with Crippen molar-refractivity contribution in [1.29, 1.82) is 0 Å². The van der Waals surface area contributed by atoms with Crippen molar-refractivity contribution in [3.05, 3.63) is 23.0 Å². The van der Waals surface area contributed by atoms with Gasteiger partial charge in [-0.3, -0.25) is 0 Å². The fourth-order valence-electron chi connectivity index (χ4n) is 2.66. The molecule has 198 valence electrons. The normalized spacial score (nSPS) is 16.8. The van der Waals surface area contributed by atoms with Crippen LogP contribution in [-0.4, -0.2) is 50.4 Å². The van der Waals surface area contributed by atoms with E-state index in [4.69, 9.17) is 30.7 Å². The number of rotatable bonds is 4. The van der Waals surface area contributed by atoms with Gasteiger partial charge in [-0.2, -0.15) is 0 Å². The summed E-state index contributed by atoms with van der Waals surface area (Å²) in [5.41, 5.74) is 0.452. The average molecular weight is 522 g/mol. The Labute approximate surface area is 211 Å². The highest BCUT2D eigenvalue weighted by atomic mass is 35.5. The molecule has 1 aromatic carbocycles. The van der Waals surface area contributed by atoms with Crippen molar-refractivity contribution in [3.8, 4) is 0 Å². The summed E-state index contributed by atoms with van der Waals surface area (Å²) >= 11 is 6.21. The Morgan fingerprint density at radius 3 is 2.00 bits per heavy atom. The first-order valence-corrected chi connectivity index (χ1v) is 13.7. The molecule has 0 saturated heterocycles. The van der Waals surface area contributed by atoms with Gasteiger partial charge >= 0.3 is 0 Å². The Morgan fingerprint density at radius 2 is 1.62 bits per heavy atom. The monoisotopic (exact) mass is 521 g/mol. The zero-order chi connectivity index (χ0) is 27.1. The van der Waals surface area contributed by atoms with Crippen molar-refractivity contribution >= 4 is 39.3 Å². The average Bonchev–Trinajstić information content (AvgIpc) is 3.21. The van der Waals surface area contributed by atoms with E-state index in [0.29, 0.717) is 24.2 Å². The lowest BCUT2D eigenvalue weighted by Crippen LogP contribution is -2.40. The lowest BCUT2D eigenvalue weighted by atomic mass is 9.95. The van der Waals surface area contributed by atoms with Gasteiger partial charge in [-0.1, -0.05) is 72.9 Å². The van der Waals surface area contributed by atoms with Gasteiger partial charge in [-0.25, -0.2) is 13.4 Å². The zero-order valence-corrected chi connectivity index (χ0v) is 23.8. The van der Waals surface area contributed by atoms with E-state index < -0.39 is 15.1 Å². The van der Waals surface area contributed by atoms with Gasteiger partial charge in [0.15, 0.2) is 15.4 Å². The lowest BCUT2D eigenvalue weighted by Gasteiger charge is -2.33. The standard InChI is InChI=1S/C16H20ClNO4S.C4H10.C2H6O.C2H6.CH2O/c1-16(2,3)15-18-12-6-5-11(17)14(13(12)22-15)23(19,20)10-7-9(8-10)21-4;1-3-4-2;1-2-3;2*1-2/h5-6,9-10H,7-8H2,1-4H3;3-4H2,1-2H3;3H,2H2,1H3;1-2H3;1H2. The SMILES string of the molecule is C=O.CC.CCCC.CCO.COC1CC(S(=O)(=O)c2c(Cl)ccc3nc(C(C)(C)C)oc23)C1. The first-order valence-electron chi connectivity index (χ1n) is 11.7. The molecule has 9 heteroatoms. The van der Waals surface area contributed by atoms with E-state index in [9.17, 15) is 8.42 Å². The largest absolute Gasteiger partial charge is 0.439 e. The predicted octanol–water partition coefficient (Wildman–Crippen LogP) is 6.38. The van der Waals surface area contributed by atoms with Crippen molar-refractivity contribution in [1.82, 2.24) is 4.98 Å². The first kappa shape index (κ1) is 34.7. The Bertz CT molecular complexity index is 913. The molecule has 1 aliphatic rings. The molecule has 7 nitrogen and oxygen atoms in total. The molecule has 0 spiro atoms. The van der Waals surface area contributed by atoms with Crippen LogP contribution in [0.4, 0.5) is 0 Å². The van der Waals surface area contributed by atoms with Crippen LogP contribution in [0.1, 0.15) is 87.0 Å². The van der Waals surface area contributed by atoms with Crippen molar-refractivity contribution in [2.75, 3.05) is 13.7 Å². The van der Waals surface area contributed by atoms with Gasteiger partial charge < -0.3 is 19.1 Å². The van der Waals surface area contributed by atoms with E-state index in [1.807, 2.05) is 41.4 Å². The molecule has 0 aliphatic heterocycles. The van der Waals surface area contributed by atoms with E-state index >= 15 is 0 Å². The number of aromatic nitrogens is 1. The molecule has 34 heavy (non-hydrogen) atoms. The van der Waals surface area contributed by atoms with E-state index in [2.05, 4.69) is 18.8 Å². The summed E-state index contributed by atoms with van der Waals surface area (Å²) in [6.45, 7) is 18.2. The number of methoxy groups -OCH3 is 1. The van der Waals surface area contributed by atoms with Crippen LogP contribution < -0.4 is 0 Å². The minimum absolute atomic E-state index is 0.00684. The fourth-order valence-corrected chi connectivity index (χ4v) is 5.14. The molecule has 3 rings (SSSR count). The number of ether oxygens (including phenoxy) is 1. The van der Waals surface area contributed by atoms with E-state index in [0.717, 1.165) is 0 Å². The Balaban J connectivity index is 0. The molecule has 0 amide bonds. The second-order valence-electron chi connectivity index (χ2n) is 8.31. The number of oxazole rings is 1. The minimum atomic E-state index is -3.58. The molecule has 1 aliphatic carbocycles. The van der Waals surface area contributed by atoms with Gasteiger partial charge in [0.2, 0.25) is 5.89 Å². The third-order valence-electron chi connectivity index (χ3n) is 4.71. The number of hydrogen-bond acceptors (Lipinski definition) is 7. The highest BCUT2D eigenvalue weighted by molar-refractivity contribution is 7.92. The van der Waals surface area contributed by atoms with Gasteiger partial charge in [-0.15, -0.1) is 0 Å². The van der Waals surface area contributed by atoms with Crippen LogP contribution in [-0.2, 0) is 24.8 Å². The molecule has 2 aromatic rings. The maximum Gasteiger partial charge on any atom is 0.200 e. The van der Waals surface area contributed by atoms with Crippen LogP contribution in [0.2, 0.25) is 5.02 Å². The predicted molar refractivity (Wildman–Crippen MR) is 141 cm³/mol. The summed E-state index contributed by atoms with van der Waals surface area (Å²) in [4.78, 5) is 12.5. The number of carbonyl (C=O) groups excluding carboxylic acids is 1. The van der Waals surface area contributed by atoms with Crippen molar-refractivity contribution in [2.45, 2.75) is 103 Å². The maximum atomic E-state index is 12.9. The van der Waals surface area contributed by atoms with Crippen LogP contribution in [0.3, 0.4) is 0 Å². The van der Waals surface area contributed by atoms with Crippen molar-refractivity contribution in [3.63, 3.8) is 0 Å². The Morgan fingerprint density at radius 1 is 1.15 bits per heavy atom. The lowest BCUT2D eigenvalue weighted by molar-refractivity contribution is -0.0980. The third-order valence-corrected chi connectivity index (χ3v) is 7.38. The number of fused-ring (bicyclic) bond motifs is 1. The number of carbonyl (C=O) groups is 1. The fraction of sp³-hybridized carbons (Fsp3) is 0.680. The summed E-state index contributed by atoms with van der Waals surface area (Å²) < 4.78 is 36.9. The quantitative estimate of drug-likeness (QED) is 0.497. The van der Waals surface area contributed by atoms with Gasteiger partial charge in [-0.05, 0) is 31.9 Å². The Kier molecular flexibility index (Phi) is 17.4. The third kappa shape index (κ3) is 9.64. The zero-order valence-electron chi connectivity index (χ0n) is 22.3. The van der Waals surface area contributed by atoms with E-state index in [1.165, 1.54) is 12.8 Å². The second kappa shape index (κ2) is 17.0. The van der Waals surface area contributed by atoms with Crippen molar-refractivity contribution < 1.29 is 27.5 Å². The molecule has 1 heterocycles. The second-order valence-corrected chi connectivity index (χ2v) is 10.9. The van der Waals surface area contributed by atoms with Gasteiger partial charge in [0.25, 0.3) is 0 Å². The summed E-state index contributed by atoms with van der Waals surface area (Å²) in [6.07, 6.45) is 3.59. The van der Waals surface area contributed by atoms with Crippen LogP contribution in [0.5, 0.6) is 0 Å². The number of aliphatic hydroxyl groups excluding tert-OH is 1. The number of aliphatic hydroxyl groups is 1. The van der Waals surface area contributed by atoms with Gasteiger partial charge in [0.1, 0.15) is 17.2 Å². The van der Waals surface area contributed by atoms with E-state index in [-0.39, 0.29) is 33.6 Å². The van der Waals surface area contributed by atoms with Crippen LogP contribution in [0, 0.1) is 0 Å². The maximum absolute atomic E-state index is 12.9. The van der Waals surface area contributed by atoms with Crippen molar-refractivity contribution in [2.24, 2.45) is 0 Å². The van der Waals surface area contributed by atoms with Crippen LogP contribution in [0.15, 0.2) is 21.4 Å². The molecule has 1 fully saturated rings. The Hall–Kier alpha value is -1.48. The highest BCUT2D eigenvalue weighted by Gasteiger charge is 2.42. The van der Waals surface area contributed by atoms with Crippen LogP contribution in [0.25, 0.3) is 11.1 Å². The molecule has 0 radical (unpaired) electrons. The summed E-state index contributed by atoms with van der Waals surface area (Å²) in [6, 6.07) is 3.26. The number of halogens is 1. The molecule has 1 saturated carbocycles. The smallest absolute Gasteiger partial charge is 0.200 e. The van der Waals surface area contributed by atoms with Gasteiger partial charge in [0.05, 0.1) is 16.4 Å². The molecule has 1 N–H and O–H groups in total.